The van der Waals surface area contributed by atoms with Crippen LogP contribution in [0.4, 0.5) is 0 Å². The molecule has 3 aliphatic rings. The molecule has 0 bridgehead atoms. The van der Waals surface area contributed by atoms with Gasteiger partial charge in [-0.1, -0.05) is 64.9 Å². The number of ether oxygens (including phenoxy) is 1. The molecule has 3 fully saturated rings. The highest BCUT2D eigenvalue weighted by Crippen LogP contribution is 2.46. The number of allylic oxidation sites excluding steroid dienone is 1. The third-order valence-electron chi connectivity index (χ3n) is 9.68. The van der Waals surface area contributed by atoms with Crippen LogP contribution in [0.15, 0.2) is 12.2 Å². The van der Waals surface area contributed by atoms with Gasteiger partial charge < -0.3 is 9.84 Å². The van der Waals surface area contributed by atoms with E-state index < -0.39 is 0 Å². The fourth-order valence-electron chi connectivity index (χ4n) is 7.52. The van der Waals surface area contributed by atoms with E-state index in [1.54, 1.807) is 26.9 Å². The highest BCUT2D eigenvalue weighted by molar-refractivity contribution is 5.70. The molecular formula is C32H58O3. The van der Waals surface area contributed by atoms with Crippen molar-refractivity contribution in [1.29, 1.82) is 0 Å². The van der Waals surface area contributed by atoms with E-state index >= 15 is 0 Å². The largest absolute Gasteiger partial charge is 0.396 e. The zero-order valence-corrected chi connectivity index (χ0v) is 23.5. The molecule has 35 heavy (non-hydrogen) atoms. The van der Waals surface area contributed by atoms with Crippen molar-refractivity contribution in [2.45, 2.75) is 123 Å². The van der Waals surface area contributed by atoms with E-state index in [0.717, 1.165) is 48.4 Å². The van der Waals surface area contributed by atoms with Gasteiger partial charge in [-0.25, -0.2) is 0 Å². The first-order chi connectivity index (χ1) is 17.0. The highest BCUT2D eigenvalue weighted by atomic mass is 16.5. The third-order valence-corrected chi connectivity index (χ3v) is 9.68. The molecule has 0 aliphatic heterocycles. The Hall–Kier alpha value is -0.670. The summed E-state index contributed by atoms with van der Waals surface area (Å²) in [5, 5.41) is 9.56. The lowest BCUT2D eigenvalue weighted by Crippen LogP contribution is -2.30. The van der Waals surface area contributed by atoms with E-state index in [1.807, 2.05) is 0 Å². The van der Waals surface area contributed by atoms with Crippen LogP contribution in [0.25, 0.3) is 0 Å². The van der Waals surface area contributed by atoms with Crippen molar-refractivity contribution < 1.29 is 14.6 Å². The van der Waals surface area contributed by atoms with E-state index in [2.05, 4.69) is 13.5 Å². The van der Waals surface area contributed by atoms with Crippen molar-refractivity contribution in [1.82, 2.24) is 0 Å². The molecule has 0 amide bonds. The molecule has 3 rings (SSSR count). The average molecular weight is 491 g/mol. The van der Waals surface area contributed by atoms with E-state index in [0.29, 0.717) is 18.1 Å². The van der Waals surface area contributed by atoms with E-state index in [4.69, 9.17) is 4.74 Å². The molecule has 3 saturated carbocycles. The molecule has 3 nitrogen and oxygen atoms in total. The summed E-state index contributed by atoms with van der Waals surface area (Å²) in [6, 6.07) is 0. The average Bonchev–Trinajstić information content (AvgIpc) is 2.90. The molecule has 204 valence electrons. The molecule has 0 aromatic rings. The van der Waals surface area contributed by atoms with Gasteiger partial charge in [0.2, 0.25) is 0 Å². The second-order valence-corrected chi connectivity index (χ2v) is 12.4. The Bertz CT molecular complexity index is 549. The number of hydrogen-bond donors (Lipinski definition) is 1. The van der Waals surface area contributed by atoms with Crippen molar-refractivity contribution in [3.8, 4) is 0 Å². The molecule has 1 unspecified atom stereocenters. The standard InChI is InChI=1S/C28H52O2.C4H6O/c1-3-4-5-6-22-7-11-25(12-8-22)27-15-17-28(18-16-27)26-13-9-23(10-14-26)19-24(20-29)21-30-2;1-4(2)3-5/h22-29H,3-21H2,1-2H3;3H,1H2,2H3. The van der Waals surface area contributed by atoms with Gasteiger partial charge in [0.1, 0.15) is 6.29 Å². The quantitative estimate of drug-likeness (QED) is 0.170. The molecule has 0 heterocycles. The van der Waals surface area contributed by atoms with Crippen LogP contribution in [0, 0.1) is 41.4 Å². The topological polar surface area (TPSA) is 46.5 Å². The van der Waals surface area contributed by atoms with Gasteiger partial charge in [-0.05, 0) is 106 Å². The Morgan fingerprint density at radius 3 is 1.66 bits per heavy atom. The van der Waals surface area contributed by atoms with Crippen LogP contribution < -0.4 is 0 Å². The fraction of sp³-hybridized carbons (Fsp3) is 0.906. The molecule has 0 saturated heterocycles. The number of hydrogen-bond acceptors (Lipinski definition) is 3. The van der Waals surface area contributed by atoms with Crippen LogP contribution in [0.3, 0.4) is 0 Å². The molecule has 1 atom stereocenters. The van der Waals surface area contributed by atoms with Crippen LogP contribution in [-0.2, 0) is 9.53 Å². The van der Waals surface area contributed by atoms with Crippen LogP contribution in [0.5, 0.6) is 0 Å². The van der Waals surface area contributed by atoms with Gasteiger partial charge in [0.05, 0.1) is 6.61 Å². The minimum atomic E-state index is 0.290. The van der Waals surface area contributed by atoms with Crippen LogP contribution in [-0.4, -0.2) is 31.7 Å². The molecular weight excluding hydrogens is 432 g/mol. The van der Waals surface area contributed by atoms with Crippen LogP contribution in [0.1, 0.15) is 123 Å². The van der Waals surface area contributed by atoms with Gasteiger partial charge in [0, 0.05) is 19.6 Å². The highest BCUT2D eigenvalue weighted by Gasteiger charge is 2.34. The summed E-state index contributed by atoms with van der Waals surface area (Å²) in [6.45, 7) is 8.31. The van der Waals surface area contributed by atoms with Gasteiger partial charge in [0.15, 0.2) is 0 Å². The predicted octanol–water partition coefficient (Wildman–Crippen LogP) is 8.39. The normalized spacial score (nSPS) is 32.2. The first-order valence-electron chi connectivity index (χ1n) is 15.2. The summed E-state index contributed by atoms with van der Waals surface area (Å²) in [5.41, 5.74) is 0.574. The number of aliphatic hydroxyl groups is 1. The maximum absolute atomic E-state index is 9.56. The monoisotopic (exact) mass is 490 g/mol. The molecule has 0 radical (unpaired) electrons. The smallest absolute Gasteiger partial charge is 0.145 e. The van der Waals surface area contributed by atoms with Gasteiger partial charge in [0.25, 0.3) is 0 Å². The SMILES string of the molecule is C=C(C)C=O.CCCCCC1CCC(C2CCC(C3CCC(CC(CO)COC)CC3)CC2)CC1. The Labute approximate surface area is 217 Å². The van der Waals surface area contributed by atoms with Gasteiger partial charge in [-0.15, -0.1) is 0 Å². The van der Waals surface area contributed by atoms with E-state index in [1.165, 1.54) is 96.3 Å². The number of methoxy groups -OCH3 is 1. The molecule has 0 spiro atoms. The number of carbonyl (C=O) groups is 1. The first-order valence-corrected chi connectivity index (χ1v) is 15.2. The molecule has 3 heteroatoms. The maximum Gasteiger partial charge on any atom is 0.145 e. The van der Waals surface area contributed by atoms with Crippen molar-refractivity contribution in [2.75, 3.05) is 20.3 Å². The number of unbranched alkanes of at least 4 members (excludes halogenated alkanes) is 2. The zero-order valence-electron chi connectivity index (χ0n) is 23.5. The summed E-state index contributed by atoms with van der Waals surface area (Å²) in [4.78, 5) is 9.41. The predicted molar refractivity (Wildman–Crippen MR) is 148 cm³/mol. The minimum Gasteiger partial charge on any atom is -0.396 e. The van der Waals surface area contributed by atoms with Crippen LogP contribution in [0.2, 0.25) is 0 Å². The number of rotatable bonds is 12. The Morgan fingerprint density at radius 1 is 0.857 bits per heavy atom. The lowest BCUT2D eigenvalue weighted by atomic mass is 9.64. The molecule has 0 aromatic heterocycles. The van der Waals surface area contributed by atoms with E-state index in [9.17, 15) is 9.90 Å². The van der Waals surface area contributed by atoms with Crippen molar-refractivity contribution >= 4 is 6.29 Å². The summed E-state index contributed by atoms with van der Waals surface area (Å²) in [5.74, 6) is 6.42. The Kier molecular flexibility index (Phi) is 15.5. The Balaban J connectivity index is 0.000000784. The van der Waals surface area contributed by atoms with Gasteiger partial charge in [-0.2, -0.15) is 0 Å². The van der Waals surface area contributed by atoms with Crippen LogP contribution >= 0.6 is 0 Å². The number of aldehydes is 1. The molecule has 3 aliphatic carbocycles. The lowest BCUT2D eigenvalue weighted by Gasteiger charge is -2.41. The first kappa shape index (κ1) is 30.6. The summed E-state index contributed by atoms with van der Waals surface area (Å²) >= 11 is 0. The Morgan fingerprint density at radius 2 is 1.29 bits per heavy atom. The molecule has 0 aromatic carbocycles. The zero-order chi connectivity index (χ0) is 25.5. The van der Waals surface area contributed by atoms with E-state index in [-0.39, 0.29) is 0 Å². The lowest BCUT2D eigenvalue weighted by molar-refractivity contribution is -0.104. The minimum absolute atomic E-state index is 0.290. The van der Waals surface area contributed by atoms with Gasteiger partial charge >= 0.3 is 0 Å². The summed E-state index contributed by atoms with van der Waals surface area (Å²) in [7, 11) is 1.76. The van der Waals surface area contributed by atoms with Crippen molar-refractivity contribution in [2.24, 2.45) is 41.4 Å². The third kappa shape index (κ3) is 11.5. The number of aliphatic hydroxyl groups excluding tert-OH is 1. The maximum atomic E-state index is 9.56. The van der Waals surface area contributed by atoms with Crippen molar-refractivity contribution in [3.63, 3.8) is 0 Å². The second kappa shape index (κ2) is 17.7. The second-order valence-electron chi connectivity index (χ2n) is 12.4. The fourth-order valence-corrected chi connectivity index (χ4v) is 7.52. The van der Waals surface area contributed by atoms with Crippen molar-refractivity contribution in [3.05, 3.63) is 12.2 Å². The number of carbonyl (C=O) groups excluding carboxylic acids is 1. The van der Waals surface area contributed by atoms with Gasteiger partial charge in [-0.3, -0.25) is 4.79 Å². The summed E-state index contributed by atoms with van der Waals surface area (Å²) < 4.78 is 5.28. The summed E-state index contributed by atoms with van der Waals surface area (Å²) in [6.07, 6.45) is 25.7. The molecule has 1 N–H and O–H groups in total.